The summed E-state index contributed by atoms with van der Waals surface area (Å²) in [7, 11) is 0. The number of amides is 1. The van der Waals surface area contributed by atoms with E-state index in [-0.39, 0.29) is 17.7 Å². The zero-order valence-corrected chi connectivity index (χ0v) is 13.0. The number of fused-ring (bicyclic) bond motifs is 3. The molecule has 0 fully saturated rings. The lowest BCUT2D eigenvalue weighted by atomic mass is 10.0. The van der Waals surface area contributed by atoms with Crippen molar-refractivity contribution in [2.75, 3.05) is 4.90 Å². The number of aromatic nitrogens is 1. The largest absolute Gasteiger partial charge is 0.508 e. The van der Waals surface area contributed by atoms with Crippen LogP contribution in [0.3, 0.4) is 0 Å². The van der Waals surface area contributed by atoms with Gasteiger partial charge in [0, 0.05) is 17.5 Å². The van der Waals surface area contributed by atoms with E-state index in [0.29, 0.717) is 11.3 Å². The van der Waals surface area contributed by atoms with E-state index in [2.05, 4.69) is 0 Å². The van der Waals surface area contributed by atoms with E-state index >= 15 is 0 Å². The van der Waals surface area contributed by atoms with Crippen LogP contribution < -0.4 is 4.90 Å². The van der Waals surface area contributed by atoms with Gasteiger partial charge in [-0.25, -0.2) is 4.39 Å². The summed E-state index contributed by atoms with van der Waals surface area (Å²) in [6.07, 6.45) is 1.90. The third-order valence-electron chi connectivity index (χ3n) is 4.36. The Bertz CT molecular complexity index is 948. The fourth-order valence-corrected chi connectivity index (χ4v) is 3.25. The molecule has 0 radical (unpaired) electrons. The first kappa shape index (κ1) is 14.5. The second-order valence-electron chi connectivity index (χ2n) is 5.84. The summed E-state index contributed by atoms with van der Waals surface area (Å²) in [5.74, 6) is -0.656. The molecule has 2 heterocycles. The number of nitrogens with zero attached hydrogens (tertiary/aromatic N) is 2. The number of phenols is 1. The van der Waals surface area contributed by atoms with Crippen LogP contribution in [0.5, 0.6) is 5.75 Å². The molecule has 1 aliphatic rings. The summed E-state index contributed by atoms with van der Waals surface area (Å²) in [6, 6.07) is 14.2. The molecule has 5 heteroatoms. The summed E-state index contributed by atoms with van der Waals surface area (Å²) in [6.45, 7) is 1.90. The van der Waals surface area contributed by atoms with Gasteiger partial charge in [-0.05, 0) is 55.5 Å². The summed E-state index contributed by atoms with van der Waals surface area (Å²) in [5, 5.41) is 9.66. The molecule has 4 rings (SSSR count). The average molecular weight is 322 g/mol. The first-order chi connectivity index (χ1) is 11.6. The van der Waals surface area contributed by atoms with Crippen LogP contribution in [0.25, 0.3) is 5.69 Å². The highest BCUT2D eigenvalue weighted by Gasteiger charge is 2.33. The predicted octanol–water partition coefficient (Wildman–Crippen LogP) is 4.04. The lowest BCUT2D eigenvalue weighted by Crippen LogP contribution is -2.38. The Morgan fingerprint density at radius 3 is 2.71 bits per heavy atom. The molecule has 0 unspecified atom stereocenters. The lowest BCUT2D eigenvalue weighted by molar-refractivity contribution is 0.0976. The second-order valence-corrected chi connectivity index (χ2v) is 5.84. The first-order valence-electron chi connectivity index (χ1n) is 7.66. The monoisotopic (exact) mass is 322 g/mol. The lowest BCUT2D eigenvalue weighted by Gasteiger charge is -2.36. The Kier molecular flexibility index (Phi) is 3.16. The number of carbonyl (C=O) groups is 1. The van der Waals surface area contributed by atoms with Gasteiger partial charge in [0.25, 0.3) is 5.91 Å². The number of rotatable bonds is 1. The van der Waals surface area contributed by atoms with E-state index in [0.717, 1.165) is 11.4 Å². The van der Waals surface area contributed by atoms with Gasteiger partial charge in [0.05, 0.1) is 17.4 Å². The minimum atomic E-state index is -0.398. The Labute approximate surface area is 138 Å². The van der Waals surface area contributed by atoms with E-state index in [4.69, 9.17) is 0 Å². The minimum Gasteiger partial charge on any atom is -0.508 e. The summed E-state index contributed by atoms with van der Waals surface area (Å²) < 4.78 is 15.8. The molecule has 1 aliphatic heterocycles. The fourth-order valence-electron chi connectivity index (χ4n) is 3.25. The van der Waals surface area contributed by atoms with Crippen LogP contribution in [-0.4, -0.2) is 15.6 Å². The molecule has 0 bridgehead atoms. The van der Waals surface area contributed by atoms with Crippen molar-refractivity contribution >= 4 is 11.6 Å². The number of carbonyl (C=O) groups excluding carboxylic acids is 1. The van der Waals surface area contributed by atoms with Crippen LogP contribution in [0.1, 0.15) is 29.0 Å². The number of aromatic hydroxyl groups is 1. The van der Waals surface area contributed by atoms with Crippen LogP contribution in [0.4, 0.5) is 10.1 Å². The molecule has 0 saturated carbocycles. The summed E-state index contributed by atoms with van der Waals surface area (Å²) in [5.41, 5.74) is 2.57. The quantitative estimate of drug-likeness (QED) is 0.735. The van der Waals surface area contributed by atoms with Gasteiger partial charge in [-0.3, -0.25) is 9.69 Å². The van der Waals surface area contributed by atoms with Crippen molar-refractivity contribution in [2.24, 2.45) is 0 Å². The van der Waals surface area contributed by atoms with Crippen LogP contribution in [0.15, 0.2) is 60.8 Å². The number of anilines is 1. The van der Waals surface area contributed by atoms with E-state index in [1.807, 2.05) is 29.8 Å². The highest BCUT2D eigenvalue weighted by Crippen LogP contribution is 2.40. The molecular formula is C19H15FN2O2. The molecule has 0 saturated heterocycles. The summed E-state index contributed by atoms with van der Waals surface area (Å²) >= 11 is 0. The smallest absolute Gasteiger partial charge is 0.259 e. The number of phenolic OH excluding ortho intramolecular Hbond substituents is 1. The maximum absolute atomic E-state index is 13.8. The average Bonchev–Trinajstić information content (AvgIpc) is 3.05. The van der Waals surface area contributed by atoms with E-state index in [9.17, 15) is 14.3 Å². The first-order valence-corrected chi connectivity index (χ1v) is 7.66. The van der Waals surface area contributed by atoms with Gasteiger partial charge < -0.3 is 9.67 Å². The molecule has 4 nitrogen and oxygen atoms in total. The topological polar surface area (TPSA) is 45.5 Å². The zero-order valence-electron chi connectivity index (χ0n) is 13.0. The number of halogens is 1. The van der Waals surface area contributed by atoms with Gasteiger partial charge in [-0.2, -0.15) is 0 Å². The minimum absolute atomic E-state index is 0.0216. The molecule has 3 aromatic rings. The van der Waals surface area contributed by atoms with Crippen molar-refractivity contribution in [3.8, 4) is 11.4 Å². The van der Waals surface area contributed by atoms with E-state index in [1.54, 1.807) is 23.1 Å². The van der Waals surface area contributed by atoms with Crippen LogP contribution in [0.2, 0.25) is 0 Å². The molecule has 2 aromatic carbocycles. The van der Waals surface area contributed by atoms with Gasteiger partial charge in [-0.1, -0.05) is 6.07 Å². The Hall–Kier alpha value is -3.08. The molecule has 0 aliphatic carbocycles. The molecule has 1 amide bonds. The Balaban J connectivity index is 1.90. The maximum atomic E-state index is 13.8. The molecule has 0 spiro atoms. The second kappa shape index (κ2) is 5.23. The zero-order chi connectivity index (χ0) is 16.8. The molecule has 24 heavy (non-hydrogen) atoms. The molecule has 1 N–H and O–H groups in total. The molecule has 120 valence electrons. The van der Waals surface area contributed by atoms with Crippen molar-refractivity contribution in [3.63, 3.8) is 0 Å². The number of hydrogen-bond acceptors (Lipinski definition) is 2. The van der Waals surface area contributed by atoms with E-state index in [1.165, 1.54) is 24.3 Å². The predicted molar refractivity (Wildman–Crippen MR) is 89.1 cm³/mol. The van der Waals surface area contributed by atoms with Gasteiger partial charge >= 0.3 is 0 Å². The third-order valence-corrected chi connectivity index (χ3v) is 4.36. The van der Waals surface area contributed by atoms with Crippen molar-refractivity contribution in [1.82, 2.24) is 4.57 Å². The SMILES string of the molecule is C[C@H]1c2cccn2-c2ccc(F)cc2N1C(=O)c1cccc(O)c1. The van der Waals surface area contributed by atoms with Crippen molar-refractivity contribution in [3.05, 3.63) is 77.9 Å². The Morgan fingerprint density at radius 2 is 1.92 bits per heavy atom. The summed E-state index contributed by atoms with van der Waals surface area (Å²) in [4.78, 5) is 14.6. The molecule has 1 atom stereocenters. The van der Waals surface area contributed by atoms with Crippen LogP contribution in [0, 0.1) is 5.82 Å². The highest BCUT2D eigenvalue weighted by atomic mass is 19.1. The normalized spacial score (nSPS) is 15.8. The standard InChI is InChI=1S/C19H15FN2O2/c1-12-16-6-3-9-21(16)17-8-7-14(20)11-18(17)22(12)19(24)13-4-2-5-15(23)10-13/h2-12,23H,1H3/t12-/m0/s1. The van der Waals surface area contributed by atoms with Gasteiger partial charge in [0.2, 0.25) is 0 Å². The van der Waals surface area contributed by atoms with Crippen molar-refractivity contribution < 1.29 is 14.3 Å². The molecular weight excluding hydrogens is 307 g/mol. The van der Waals surface area contributed by atoms with Gasteiger partial charge in [0.1, 0.15) is 11.6 Å². The van der Waals surface area contributed by atoms with Gasteiger partial charge in [-0.15, -0.1) is 0 Å². The number of benzene rings is 2. The maximum Gasteiger partial charge on any atom is 0.259 e. The fraction of sp³-hybridized carbons (Fsp3) is 0.105. The van der Waals surface area contributed by atoms with Crippen LogP contribution >= 0.6 is 0 Å². The van der Waals surface area contributed by atoms with Gasteiger partial charge in [0.15, 0.2) is 0 Å². The van der Waals surface area contributed by atoms with Crippen molar-refractivity contribution in [2.45, 2.75) is 13.0 Å². The number of hydrogen-bond donors (Lipinski definition) is 1. The van der Waals surface area contributed by atoms with Crippen LogP contribution in [-0.2, 0) is 0 Å². The molecule has 1 aromatic heterocycles. The van der Waals surface area contributed by atoms with E-state index < -0.39 is 5.82 Å². The Morgan fingerprint density at radius 1 is 1.08 bits per heavy atom. The highest BCUT2D eigenvalue weighted by molar-refractivity contribution is 6.08. The third kappa shape index (κ3) is 2.09. The van der Waals surface area contributed by atoms with Crippen molar-refractivity contribution in [1.29, 1.82) is 0 Å².